The van der Waals surface area contributed by atoms with E-state index in [0.717, 1.165) is 49.8 Å². The molecule has 1 aliphatic rings. The van der Waals surface area contributed by atoms with Gasteiger partial charge in [0.1, 0.15) is 5.82 Å². The van der Waals surface area contributed by atoms with Crippen molar-refractivity contribution in [1.29, 1.82) is 0 Å². The number of carbonyl (C=O) groups excluding carboxylic acids is 1. The van der Waals surface area contributed by atoms with Gasteiger partial charge in [0.2, 0.25) is 5.91 Å². The normalized spacial score (nSPS) is 14.3. The van der Waals surface area contributed by atoms with Crippen LogP contribution in [0.1, 0.15) is 30.9 Å². The smallest absolute Gasteiger partial charge is 0.227 e. The summed E-state index contributed by atoms with van der Waals surface area (Å²) in [6.45, 7) is 9.53. The first kappa shape index (κ1) is 16.2. The Kier molecular flexibility index (Phi) is 5.13. The summed E-state index contributed by atoms with van der Waals surface area (Å²) >= 11 is 1.64. The molecule has 0 unspecified atom stereocenters. The van der Waals surface area contributed by atoms with Crippen molar-refractivity contribution in [3.8, 4) is 0 Å². The molecule has 2 aromatic rings. The molecular formula is C17H24N4OS. The van der Waals surface area contributed by atoms with Crippen molar-refractivity contribution >= 4 is 17.2 Å². The van der Waals surface area contributed by atoms with Gasteiger partial charge in [-0.15, -0.1) is 0 Å². The van der Waals surface area contributed by atoms with Crippen molar-refractivity contribution in [2.24, 2.45) is 0 Å². The van der Waals surface area contributed by atoms with Crippen LogP contribution in [0.4, 0.5) is 0 Å². The van der Waals surface area contributed by atoms with E-state index in [9.17, 15) is 4.79 Å². The molecule has 3 rings (SSSR count). The topological polar surface area (TPSA) is 41.4 Å². The molecular weight excluding hydrogens is 308 g/mol. The highest BCUT2D eigenvalue weighted by atomic mass is 32.1. The lowest BCUT2D eigenvalue weighted by molar-refractivity contribution is -0.132. The molecule has 0 spiro atoms. The van der Waals surface area contributed by atoms with E-state index in [4.69, 9.17) is 4.98 Å². The summed E-state index contributed by atoms with van der Waals surface area (Å²) in [5.74, 6) is 1.21. The highest BCUT2D eigenvalue weighted by Crippen LogP contribution is 2.16. The number of fused-ring (bicyclic) bond motifs is 1. The standard InChI is InChI=1S/C17H24N4OS/c1-3-19(4-2)10-15-11-20-6-7-21(12-16(20)18-15)17(22)9-14-5-8-23-13-14/h5,8,11,13H,3-4,6-7,9-10,12H2,1-2H3. The Morgan fingerprint density at radius 1 is 1.35 bits per heavy atom. The summed E-state index contributed by atoms with van der Waals surface area (Å²) in [4.78, 5) is 21.5. The largest absolute Gasteiger partial charge is 0.333 e. The molecule has 3 heterocycles. The Balaban J connectivity index is 1.63. The molecule has 124 valence electrons. The van der Waals surface area contributed by atoms with E-state index in [-0.39, 0.29) is 5.91 Å². The van der Waals surface area contributed by atoms with Gasteiger partial charge in [-0.1, -0.05) is 13.8 Å². The van der Waals surface area contributed by atoms with Gasteiger partial charge in [0.25, 0.3) is 0 Å². The van der Waals surface area contributed by atoms with E-state index < -0.39 is 0 Å². The third-order valence-electron chi connectivity index (χ3n) is 4.42. The van der Waals surface area contributed by atoms with Gasteiger partial charge in [0.15, 0.2) is 0 Å². The molecule has 0 saturated heterocycles. The number of thiophene rings is 1. The minimum atomic E-state index is 0.197. The van der Waals surface area contributed by atoms with Gasteiger partial charge >= 0.3 is 0 Å². The predicted molar refractivity (Wildman–Crippen MR) is 92.3 cm³/mol. The minimum absolute atomic E-state index is 0.197. The summed E-state index contributed by atoms with van der Waals surface area (Å²) in [5, 5.41) is 4.07. The molecule has 0 bridgehead atoms. The van der Waals surface area contributed by atoms with Crippen LogP contribution < -0.4 is 0 Å². The first-order valence-corrected chi connectivity index (χ1v) is 9.20. The van der Waals surface area contributed by atoms with E-state index in [1.807, 2.05) is 21.7 Å². The van der Waals surface area contributed by atoms with E-state index in [0.29, 0.717) is 13.0 Å². The van der Waals surface area contributed by atoms with Crippen molar-refractivity contribution in [2.75, 3.05) is 19.6 Å². The Bertz CT molecular complexity index is 646. The second-order valence-corrected chi connectivity index (χ2v) is 6.71. The predicted octanol–water partition coefficient (Wildman–Crippen LogP) is 2.37. The molecule has 1 aliphatic heterocycles. The summed E-state index contributed by atoms with van der Waals surface area (Å²) in [5.41, 5.74) is 2.21. The number of imidazole rings is 1. The summed E-state index contributed by atoms with van der Waals surface area (Å²) in [6.07, 6.45) is 2.64. The SMILES string of the molecule is CCN(CC)Cc1cn2c(n1)CN(C(=O)Cc1ccsc1)CC2. The molecule has 0 N–H and O–H groups in total. The highest BCUT2D eigenvalue weighted by Gasteiger charge is 2.22. The first-order chi connectivity index (χ1) is 11.2. The van der Waals surface area contributed by atoms with Gasteiger partial charge in [0, 0.05) is 25.8 Å². The van der Waals surface area contributed by atoms with E-state index in [1.54, 1.807) is 11.3 Å². The van der Waals surface area contributed by atoms with Gasteiger partial charge in [-0.25, -0.2) is 4.98 Å². The quantitative estimate of drug-likeness (QED) is 0.815. The lowest BCUT2D eigenvalue weighted by Gasteiger charge is -2.27. The number of amides is 1. The number of hydrogen-bond acceptors (Lipinski definition) is 4. The van der Waals surface area contributed by atoms with E-state index in [2.05, 4.69) is 29.5 Å². The lowest BCUT2D eigenvalue weighted by Crippen LogP contribution is -2.39. The van der Waals surface area contributed by atoms with Crippen molar-refractivity contribution < 1.29 is 4.79 Å². The van der Waals surface area contributed by atoms with Gasteiger partial charge in [-0.3, -0.25) is 9.69 Å². The van der Waals surface area contributed by atoms with Crippen LogP contribution in [0.2, 0.25) is 0 Å². The van der Waals surface area contributed by atoms with Crippen LogP contribution >= 0.6 is 11.3 Å². The summed E-state index contributed by atoms with van der Waals surface area (Å²) < 4.78 is 2.20. The summed E-state index contributed by atoms with van der Waals surface area (Å²) in [7, 11) is 0. The fourth-order valence-electron chi connectivity index (χ4n) is 2.96. The van der Waals surface area contributed by atoms with Crippen LogP contribution in [0, 0.1) is 0 Å². The molecule has 0 saturated carbocycles. The molecule has 0 atom stereocenters. The van der Waals surface area contributed by atoms with E-state index >= 15 is 0 Å². The lowest BCUT2D eigenvalue weighted by atomic mass is 10.2. The highest BCUT2D eigenvalue weighted by molar-refractivity contribution is 7.07. The Morgan fingerprint density at radius 3 is 2.87 bits per heavy atom. The summed E-state index contributed by atoms with van der Waals surface area (Å²) in [6, 6.07) is 2.02. The third-order valence-corrected chi connectivity index (χ3v) is 5.15. The molecule has 0 aliphatic carbocycles. The van der Waals surface area contributed by atoms with Crippen molar-refractivity contribution in [3.05, 3.63) is 40.1 Å². The number of rotatable bonds is 6. The maximum Gasteiger partial charge on any atom is 0.227 e. The second kappa shape index (κ2) is 7.27. The van der Waals surface area contributed by atoms with Gasteiger partial charge in [0.05, 0.1) is 18.7 Å². The molecule has 5 nitrogen and oxygen atoms in total. The number of hydrogen-bond donors (Lipinski definition) is 0. The maximum absolute atomic E-state index is 12.4. The molecule has 23 heavy (non-hydrogen) atoms. The monoisotopic (exact) mass is 332 g/mol. The van der Waals surface area contributed by atoms with Gasteiger partial charge in [-0.2, -0.15) is 11.3 Å². The number of aromatic nitrogens is 2. The van der Waals surface area contributed by atoms with Crippen molar-refractivity contribution in [1.82, 2.24) is 19.4 Å². The van der Waals surface area contributed by atoms with Crippen molar-refractivity contribution in [2.45, 2.75) is 39.9 Å². The van der Waals surface area contributed by atoms with Crippen LogP contribution in [0.3, 0.4) is 0 Å². The fourth-order valence-corrected chi connectivity index (χ4v) is 3.62. The van der Waals surface area contributed by atoms with Gasteiger partial charge < -0.3 is 9.47 Å². The average Bonchev–Trinajstić information content (AvgIpc) is 3.20. The molecule has 6 heteroatoms. The van der Waals surface area contributed by atoms with Gasteiger partial charge in [-0.05, 0) is 35.5 Å². The molecule has 0 radical (unpaired) electrons. The average molecular weight is 332 g/mol. The second-order valence-electron chi connectivity index (χ2n) is 5.93. The van der Waals surface area contributed by atoms with Crippen molar-refractivity contribution in [3.63, 3.8) is 0 Å². The zero-order valence-electron chi connectivity index (χ0n) is 13.9. The van der Waals surface area contributed by atoms with Crippen LogP contribution in [-0.2, 0) is 30.8 Å². The molecule has 1 amide bonds. The maximum atomic E-state index is 12.4. The molecule has 0 fully saturated rings. The van der Waals surface area contributed by atoms with E-state index in [1.165, 1.54) is 0 Å². The Morgan fingerprint density at radius 2 is 2.17 bits per heavy atom. The van der Waals surface area contributed by atoms with Crippen LogP contribution in [0.25, 0.3) is 0 Å². The zero-order chi connectivity index (χ0) is 16.2. The van der Waals surface area contributed by atoms with Crippen LogP contribution in [0.15, 0.2) is 23.0 Å². The number of carbonyl (C=O) groups is 1. The molecule has 0 aromatic carbocycles. The first-order valence-electron chi connectivity index (χ1n) is 8.25. The third kappa shape index (κ3) is 3.82. The zero-order valence-corrected chi connectivity index (χ0v) is 14.7. The minimum Gasteiger partial charge on any atom is -0.333 e. The fraction of sp³-hybridized carbons (Fsp3) is 0.529. The van der Waals surface area contributed by atoms with Crippen LogP contribution in [0.5, 0.6) is 0 Å². The molecule has 2 aromatic heterocycles. The van der Waals surface area contributed by atoms with Crippen LogP contribution in [-0.4, -0.2) is 44.9 Å². The number of nitrogens with zero attached hydrogens (tertiary/aromatic N) is 4. The Hall–Kier alpha value is -1.66. The Labute approximate surface area is 141 Å².